The lowest BCUT2D eigenvalue weighted by atomic mass is 10.1. The molecule has 2 aromatic carbocycles. The first kappa shape index (κ1) is 17.3. The molecule has 5 heteroatoms. The van der Waals surface area contributed by atoms with Gasteiger partial charge in [-0.05, 0) is 48.5 Å². The van der Waals surface area contributed by atoms with Crippen LogP contribution in [0, 0.1) is 0 Å². The fraction of sp³-hybridized carbons (Fsp3) is 0.286. The summed E-state index contributed by atoms with van der Waals surface area (Å²) in [6, 6.07) is 13.7. The lowest BCUT2D eigenvalue weighted by Crippen LogP contribution is -2.43. The zero-order chi connectivity index (χ0) is 18.7. The number of hydrogen-bond acceptors (Lipinski definition) is 4. The van der Waals surface area contributed by atoms with Crippen LogP contribution in [-0.2, 0) is 0 Å². The van der Waals surface area contributed by atoms with Crippen LogP contribution in [0.2, 0.25) is 18.1 Å². The minimum atomic E-state index is -1.90. The van der Waals surface area contributed by atoms with E-state index >= 15 is 0 Å². The highest BCUT2D eigenvalue weighted by Crippen LogP contribution is 2.41. The summed E-state index contributed by atoms with van der Waals surface area (Å²) in [5, 5.41) is 2.73. The van der Waals surface area contributed by atoms with Crippen molar-refractivity contribution >= 4 is 50.8 Å². The number of rotatable bonds is 2. The van der Waals surface area contributed by atoms with E-state index in [9.17, 15) is 4.79 Å². The zero-order valence-corrected chi connectivity index (χ0v) is 17.5. The van der Waals surface area contributed by atoms with Crippen LogP contribution in [0.4, 0.5) is 0 Å². The third kappa shape index (κ3) is 2.66. The van der Waals surface area contributed by atoms with Gasteiger partial charge in [-0.1, -0.05) is 32.9 Å². The summed E-state index contributed by atoms with van der Waals surface area (Å²) >= 11 is 1.63. The van der Waals surface area contributed by atoms with Crippen LogP contribution in [0.1, 0.15) is 20.8 Å². The summed E-state index contributed by atoms with van der Waals surface area (Å²) in [5.74, 6) is 0.879. The Kier molecular flexibility index (Phi) is 3.79. The van der Waals surface area contributed by atoms with E-state index in [1.165, 1.54) is 0 Å². The van der Waals surface area contributed by atoms with Crippen LogP contribution in [0.25, 0.3) is 31.1 Å². The molecule has 2 heterocycles. The van der Waals surface area contributed by atoms with Crippen LogP contribution in [0.3, 0.4) is 0 Å². The molecule has 0 bridgehead atoms. The molecular formula is C21H22O3SSi. The van der Waals surface area contributed by atoms with Gasteiger partial charge < -0.3 is 8.84 Å². The molecule has 0 saturated carbocycles. The summed E-state index contributed by atoms with van der Waals surface area (Å²) in [4.78, 5) is 12.5. The second-order valence-electron chi connectivity index (χ2n) is 8.21. The average Bonchev–Trinajstić information content (AvgIpc) is 2.93. The summed E-state index contributed by atoms with van der Waals surface area (Å²) < 4.78 is 14.0. The molecule has 0 aliphatic rings. The molecule has 0 aliphatic carbocycles. The first-order valence-corrected chi connectivity index (χ1v) is 12.5. The van der Waals surface area contributed by atoms with Gasteiger partial charge in [0.2, 0.25) is 8.32 Å². The molecule has 0 spiro atoms. The van der Waals surface area contributed by atoms with Gasteiger partial charge >= 0.3 is 5.63 Å². The number of hydrogen-bond donors (Lipinski definition) is 0. The summed E-state index contributed by atoms with van der Waals surface area (Å²) in [7, 11) is -1.90. The molecule has 0 unspecified atom stereocenters. The van der Waals surface area contributed by atoms with Crippen molar-refractivity contribution in [1.29, 1.82) is 0 Å². The van der Waals surface area contributed by atoms with Gasteiger partial charge in [-0.2, -0.15) is 0 Å². The Morgan fingerprint density at radius 3 is 2.50 bits per heavy atom. The van der Waals surface area contributed by atoms with Crippen molar-refractivity contribution in [3.05, 3.63) is 52.9 Å². The van der Waals surface area contributed by atoms with Gasteiger partial charge in [0.15, 0.2) is 0 Å². The molecule has 0 amide bonds. The molecule has 0 aliphatic heterocycles. The minimum absolute atomic E-state index is 0.138. The van der Waals surface area contributed by atoms with Crippen LogP contribution < -0.4 is 10.1 Å². The Hall–Kier alpha value is -2.11. The van der Waals surface area contributed by atoms with Gasteiger partial charge in [-0.25, -0.2) is 4.79 Å². The van der Waals surface area contributed by atoms with Gasteiger partial charge in [0.25, 0.3) is 0 Å². The summed E-state index contributed by atoms with van der Waals surface area (Å²) in [6.45, 7) is 11.2. The fourth-order valence-electron chi connectivity index (χ4n) is 2.87. The van der Waals surface area contributed by atoms with Crippen molar-refractivity contribution in [2.45, 2.75) is 38.9 Å². The van der Waals surface area contributed by atoms with Gasteiger partial charge in [0.05, 0.1) is 10.1 Å². The molecule has 3 nitrogen and oxygen atoms in total. The van der Waals surface area contributed by atoms with Crippen molar-refractivity contribution in [1.82, 2.24) is 0 Å². The molecule has 134 valence electrons. The van der Waals surface area contributed by atoms with E-state index in [0.717, 1.165) is 25.9 Å². The Bertz CT molecular complexity index is 1200. The molecule has 4 aromatic rings. The molecule has 26 heavy (non-hydrogen) atoms. The highest BCUT2D eigenvalue weighted by molar-refractivity contribution is 7.26. The Labute approximate surface area is 157 Å². The third-order valence-corrected chi connectivity index (χ3v) is 10.9. The van der Waals surface area contributed by atoms with E-state index in [1.807, 2.05) is 36.4 Å². The maximum atomic E-state index is 12.5. The topological polar surface area (TPSA) is 39.4 Å². The van der Waals surface area contributed by atoms with Crippen molar-refractivity contribution < 1.29 is 8.84 Å². The van der Waals surface area contributed by atoms with Crippen LogP contribution in [-0.4, -0.2) is 8.32 Å². The predicted molar refractivity (Wildman–Crippen MR) is 113 cm³/mol. The largest absolute Gasteiger partial charge is 0.543 e. The SMILES string of the molecule is CC(C)(C)[Si](C)(C)Oc1ccc2c(c1)sc1c3ccccc3oc(=O)c21. The Morgan fingerprint density at radius 1 is 1.04 bits per heavy atom. The van der Waals surface area contributed by atoms with Crippen LogP contribution in [0.15, 0.2) is 51.7 Å². The lowest BCUT2D eigenvalue weighted by molar-refractivity contribution is 0.493. The van der Waals surface area contributed by atoms with Crippen molar-refractivity contribution in [3.63, 3.8) is 0 Å². The molecule has 0 N–H and O–H groups in total. The minimum Gasteiger partial charge on any atom is -0.543 e. The van der Waals surface area contributed by atoms with Crippen LogP contribution in [0.5, 0.6) is 5.75 Å². The molecule has 0 radical (unpaired) electrons. The number of benzene rings is 2. The molecule has 0 fully saturated rings. The van der Waals surface area contributed by atoms with E-state index in [1.54, 1.807) is 11.3 Å². The van der Waals surface area contributed by atoms with Crippen LogP contribution >= 0.6 is 11.3 Å². The zero-order valence-electron chi connectivity index (χ0n) is 15.7. The fourth-order valence-corrected chi connectivity index (χ4v) is 5.15. The predicted octanol–water partition coefficient (Wildman–Crippen LogP) is 6.54. The summed E-state index contributed by atoms with van der Waals surface area (Å²) in [5.41, 5.74) is 0.359. The lowest BCUT2D eigenvalue weighted by Gasteiger charge is -2.36. The second-order valence-corrected chi connectivity index (χ2v) is 14.0. The van der Waals surface area contributed by atoms with Gasteiger partial charge in [0, 0.05) is 15.5 Å². The molecule has 2 aromatic heterocycles. The van der Waals surface area contributed by atoms with Crippen molar-refractivity contribution in [3.8, 4) is 5.75 Å². The highest BCUT2D eigenvalue weighted by atomic mass is 32.1. The normalized spacial score (nSPS) is 13.0. The molecular weight excluding hydrogens is 360 g/mol. The van der Waals surface area contributed by atoms with Crippen molar-refractivity contribution in [2.24, 2.45) is 0 Å². The van der Waals surface area contributed by atoms with E-state index in [-0.39, 0.29) is 10.7 Å². The first-order valence-electron chi connectivity index (χ1n) is 8.74. The quantitative estimate of drug-likeness (QED) is 0.292. The Balaban J connectivity index is 1.93. The maximum absolute atomic E-state index is 12.5. The van der Waals surface area contributed by atoms with Gasteiger partial charge in [0.1, 0.15) is 11.3 Å². The van der Waals surface area contributed by atoms with E-state index in [2.05, 4.69) is 39.9 Å². The van der Waals surface area contributed by atoms with E-state index in [4.69, 9.17) is 8.84 Å². The standard InChI is InChI=1S/C21H22O3SSi/c1-21(2,3)26(4,5)24-13-10-11-15-17(12-13)25-19-14-8-6-7-9-16(14)23-20(22)18(15)19/h6-12H,1-5H3. The Morgan fingerprint density at radius 2 is 1.77 bits per heavy atom. The maximum Gasteiger partial charge on any atom is 0.345 e. The summed E-state index contributed by atoms with van der Waals surface area (Å²) in [6.07, 6.45) is 0. The van der Waals surface area contributed by atoms with Gasteiger partial charge in [-0.3, -0.25) is 0 Å². The number of thiophene rings is 1. The van der Waals surface area contributed by atoms with Gasteiger partial charge in [-0.15, -0.1) is 11.3 Å². The second kappa shape index (κ2) is 5.69. The molecule has 0 atom stereocenters. The third-order valence-electron chi connectivity index (χ3n) is 5.38. The average molecular weight is 383 g/mol. The first-order chi connectivity index (χ1) is 12.2. The van der Waals surface area contributed by atoms with Crippen molar-refractivity contribution in [2.75, 3.05) is 0 Å². The smallest absolute Gasteiger partial charge is 0.345 e. The molecule has 0 saturated heterocycles. The molecule has 4 rings (SSSR count). The highest BCUT2D eigenvalue weighted by Gasteiger charge is 2.39. The monoisotopic (exact) mass is 382 g/mol. The van der Waals surface area contributed by atoms with E-state index in [0.29, 0.717) is 11.0 Å². The number of fused-ring (bicyclic) bond motifs is 5. The number of para-hydroxylation sites is 1. The van der Waals surface area contributed by atoms with E-state index < -0.39 is 8.32 Å².